The van der Waals surface area contributed by atoms with Crippen LogP contribution in [-0.2, 0) is 0 Å². The first-order valence-corrected chi connectivity index (χ1v) is 6.08. The third-order valence-electron chi connectivity index (χ3n) is 3.81. The summed E-state index contributed by atoms with van der Waals surface area (Å²) in [5.41, 5.74) is 11.9. The molecule has 14 heavy (non-hydrogen) atoms. The standard InChI is InChI=1S/C12H28N2/c1-4-11(10-14)9-12(5-2,6-3)7-8-13/h11H,4-10,13-14H2,1-3H3. The Kier molecular flexibility index (Phi) is 7.20. The summed E-state index contributed by atoms with van der Waals surface area (Å²) in [6, 6.07) is 0. The summed E-state index contributed by atoms with van der Waals surface area (Å²) >= 11 is 0. The van der Waals surface area contributed by atoms with Gasteiger partial charge in [0.05, 0.1) is 0 Å². The third kappa shape index (κ3) is 3.97. The predicted molar refractivity (Wildman–Crippen MR) is 64.1 cm³/mol. The number of hydrogen-bond acceptors (Lipinski definition) is 2. The summed E-state index contributed by atoms with van der Waals surface area (Å²) < 4.78 is 0. The molecule has 1 unspecified atom stereocenters. The van der Waals surface area contributed by atoms with E-state index in [2.05, 4.69) is 20.8 Å². The lowest BCUT2D eigenvalue weighted by molar-refractivity contribution is 0.180. The van der Waals surface area contributed by atoms with Crippen LogP contribution in [0, 0.1) is 11.3 Å². The minimum absolute atomic E-state index is 0.453. The average Bonchev–Trinajstić information content (AvgIpc) is 2.24. The normalized spacial score (nSPS) is 14.4. The van der Waals surface area contributed by atoms with Gasteiger partial charge in [-0.2, -0.15) is 0 Å². The molecule has 0 aliphatic carbocycles. The number of hydrogen-bond donors (Lipinski definition) is 2. The Morgan fingerprint density at radius 2 is 1.64 bits per heavy atom. The van der Waals surface area contributed by atoms with Crippen LogP contribution in [0.1, 0.15) is 52.9 Å². The maximum atomic E-state index is 5.76. The van der Waals surface area contributed by atoms with Crippen molar-refractivity contribution in [1.29, 1.82) is 0 Å². The fraction of sp³-hybridized carbons (Fsp3) is 1.00. The van der Waals surface area contributed by atoms with E-state index in [0.29, 0.717) is 11.3 Å². The second kappa shape index (κ2) is 7.24. The predicted octanol–water partition coefficient (Wildman–Crippen LogP) is 2.52. The highest BCUT2D eigenvalue weighted by Gasteiger charge is 2.27. The van der Waals surface area contributed by atoms with Crippen molar-refractivity contribution in [2.45, 2.75) is 52.9 Å². The summed E-state index contributed by atoms with van der Waals surface area (Å²) in [5.74, 6) is 0.682. The highest BCUT2D eigenvalue weighted by Crippen LogP contribution is 2.37. The Bertz CT molecular complexity index is 126. The Morgan fingerprint density at radius 3 is 1.93 bits per heavy atom. The van der Waals surface area contributed by atoms with Gasteiger partial charge in [0.1, 0.15) is 0 Å². The van der Waals surface area contributed by atoms with Crippen LogP contribution in [0.25, 0.3) is 0 Å². The van der Waals surface area contributed by atoms with Gasteiger partial charge in [0, 0.05) is 0 Å². The second-order valence-electron chi connectivity index (χ2n) is 4.46. The largest absolute Gasteiger partial charge is 0.330 e. The van der Waals surface area contributed by atoms with Crippen LogP contribution in [0.15, 0.2) is 0 Å². The fourth-order valence-corrected chi connectivity index (χ4v) is 2.31. The molecule has 0 aliphatic heterocycles. The van der Waals surface area contributed by atoms with Crippen molar-refractivity contribution in [1.82, 2.24) is 0 Å². The molecule has 0 heterocycles. The van der Waals surface area contributed by atoms with Crippen molar-refractivity contribution >= 4 is 0 Å². The van der Waals surface area contributed by atoms with Crippen molar-refractivity contribution < 1.29 is 0 Å². The molecule has 0 aromatic heterocycles. The van der Waals surface area contributed by atoms with E-state index in [4.69, 9.17) is 11.5 Å². The minimum Gasteiger partial charge on any atom is -0.330 e. The lowest BCUT2D eigenvalue weighted by atomic mass is 9.72. The molecular formula is C12H28N2. The molecular weight excluding hydrogens is 172 g/mol. The van der Waals surface area contributed by atoms with Crippen molar-refractivity contribution in [3.8, 4) is 0 Å². The van der Waals surface area contributed by atoms with Crippen LogP contribution >= 0.6 is 0 Å². The summed E-state index contributed by atoms with van der Waals surface area (Å²) in [6.07, 6.45) is 6.07. The summed E-state index contributed by atoms with van der Waals surface area (Å²) in [7, 11) is 0. The monoisotopic (exact) mass is 200 g/mol. The van der Waals surface area contributed by atoms with E-state index in [9.17, 15) is 0 Å². The lowest BCUT2D eigenvalue weighted by Crippen LogP contribution is -2.28. The van der Waals surface area contributed by atoms with Crippen molar-refractivity contribution in [2.24, 2.45) is 22.8 Å². The summed E-state index contributed by atoms with van der Waals surface area (Å²) in [4.78, 5) is 0. The van der Waals surface area contributed by atoms with Gasteiger partial charge in [-0.05, 0) is 37.3 Å². The van der Waals surface area contributed by atoms with Gasteiger partial charge >= 0.3 is 0 Å². The maximum Gasteiger partial charge on any atom is -0.00488 e. The quantitative estimate of drug-likeness (QED) is 0.632. The van der Waals surface area contributed by atoms with Gasteiger partial charge in [-0.1, -0.05) is 40.0 Å². The van der Waals surface area contributed by atoms with Gasteiger partial charge < -0.3 is 11.5 Å². The topological polar surface area (TPSA) is 52.0 Å². The number of rotatable bonds is 8. The van der Waals surface area contributed by atoms with Gasteiger partial charge in [0.15, 0.2) is 0 Å². The molecule has 86 valence electrons. The molecule has 0 saturated carbocycles. The van der Waals surface area contributed by atoms with Crippen molar-refractivity contribution in [2.75, 3.05) is 13.1 Å². The van der Waals surface area contributed by atoms with Crippen LogP contribution < -0.4 is 11.5 Å². The Hall–Kier alpha value is -0.0800. The van der Waals surface area contributed by atoms with Crippen LogP contribution in [0.5, 0.6) is 0 Å². The van der Waals surface area contributed by atoms with E-state index in [1.54, 1.807) is 0 Å². The first-order valence-electron chi connectivity index (χ1n) is 6.08. The molecule has 0 aromatic carbocycles. The zero-order valence-electron chi connectivity index (χ0n) is 10.2. The summed E-state index contributed by atoms with van der Waals surface area (Å²) in [5, 5.41) is 0. The molecule has 0 aromatic rings. The third-order valence-corrected chi connectivity index (χ3v) is 3.81. The van der Waals surface area contributed by atoms with Crippen LogP contribution in [0.4, 0.5) is 0 Å². The van der Waals surface area contributed by atoms with E-state index in [-0.39, 0.29) is 0 Å². The summed E-state index contributed by atoms with van der Waals surface area (Å²) in [6.45, 7) is 8.42. The molecule has 0 spiro atoms. The Morgan fingerprint density at radius 1 is 1.07 bits per heavy atom. The molecule has 0 radical (unpaired) electrons. The van der Waals surface area contributed by atoms with Gasteiger partial charge in [0.2, 0.25) is 0 Å². The highest BCUT2D eigenvalue weighted by molar-refractivity contribution is 4.80. The zero-order valence-corrected chi connectivity index (χ0v) is 10.2. The SMILES string of the molecule is CCC(CN)CC(CC)(CC)CCN. The molecule has 0 saturated heterocycles. The van der Waals surface area contributed by atoms with E-state index in [0.717, 1.165) is 19.5 Å². The average molecular weight is 200 g/mol. The van der Waals surface area contributed by atoms with Crippen LogP contribution in [0.2, 0.25) is 0 Å². The zero-order chi connectivity index (χ0) is 11.0. The molecule has 1 atom stereocenters. The molecule has 2 nitrogen and oxygen atoms in total. The van der Waals surface area contributed by atoms with E-state index >= 15 is 0 Å². The van der Waals surface area contributed by atoms with Crippen molar-refractivity contribution in [3.05, 3.63) is 0 Å². The van der Waals surface area contributed by atoms with Gasteiger partial charge in [-0.25, -0.2) is 0 Å². The lowest BCUT2D eigenvalue weighted by Gasteiger charge is -2.34. The molecule has 0 aliphatic rings. The first-order chi connectivity index (χ1) is 6.67. The van der Waals surface area contributed by atoms with E-state index in [1.165, 1.54) is 25.7 Å². The second-order valence-corrected chi connectivity index (χ2v) is 4.46. The molecule has 2 heteroatoms. The molecule has 0 amide bonds. The van der Waals surface area contributed by atoms with Crippen molar-refractivity contribution in [3.63, 3.8) is 0 Å². The highest BCUT2D eigenvalue weighted by atomic mass is 14.6. The van der Waals surface area contributed by atoms with Crippen LogP contribution in [-0.4, -0.2) is 13.1 Å². The van der Waals surface area contributed by atoms with Gasteiger partial charge in [0.25, 0.3) is 0 Å². The smallest absolute Gasteiger partial charge is 0.00488 e. The first kappa shape index (κ1) is 13.9. The Labute approximate surface area is 89.4 Å². The molecule has 0 bridgehead atoms. The number of nitrogens with two attached hydrogens (primary N) is 2. The van der Waals surface area contributed by atoms with E-state index in [1.807, 2.05) is 0 Å². The minimum atomic E-state index is 0.453. The maximum absolute atomic E-state index is 5.76. The molecule has 0 fully saturated rings. The van der Waals surface area contributed by atoms with Crippen LogP contribution in [0.3, 0.4) is 0 Å². The molecule has 4 N–H and O–H groups in total. The Balaban J connectivity index is 4.31. The van der Waals surface area contributed by atoms with Gasteiger partial charge in [-0.3, -0.25) is 0 Å². The van der Waals surface area contributed by atoms with E-state index < -0.39 is 0 Å². The van der Waals surface area contributed by atoms with Gasteiger partial charge in [-0.15, -0.1) is 0 Å². The molecule has 0 rings (SSSR count). The fourth-order valence-electron chi connectivity index (χ4n) is 2.31.